The van der Waals surface area contributed by atoms with E-state index in [2.05, 4.69) is 9.97 Å². The Balaban J connectivity index is 2.30. The van der Waals surface area contributed by atoms with Gasteiger partial charge in [-0.1, -0.05) is 40.9 Å². The first-order chi connectivity index (χ1) is 9.97. The Kier molecular flexibility index (Phi) is 3.74. The highest BCUT2D eigenvalue weighted by molar-refractivity contribution is 6.41. The highest BCUT2D eigenvalue weighted by Gasteiger charge is 2.13. The molecule has 3 rings (SSSR count). The molecule has 0 aliphatic rings. The van der Waals surface area contributed by atoms with Crippen molar-refractivity contribution in [1.29, 1.82) is 0 Å². The van der Waals surface area contributed by atoms with Gasteiger partial charge in [-0.15, -0.1) is 0 Å². The fourth-order valence-corrected chi connectivity index (χ4v) is 2.73. The minimum absolute atomic E-state index is 0.0462. The van der Waals surface area contributed by atoms with E-state index >= 15 is 0 Å². The maximum atomic E-state index is 13.6. The van der Waals surface area contributed by atoms with E-state index in [1.54, 1.807) is 12.1 Å². The molecule has 0 spiro atoms. The summed E-state index contributed by atoms with van der Waals surface area (Å²) >= 11 is 18.0. The molecule has 0 fully saturated rings. The molecule has 2 aromatic carbocycles. The largest absolute Gasteiger partial charge is 0.228 e. The van der Waals surface area contributed by atoms with Gasteiger partial charge in [-0.3, -0.25) is 0 Å². The van der Waals surface area contributed by atoms with Gasteiger partial charge in [-0.2, -0.15) is 0 Å². The molecule has 0 bridgehead atoms. The SMILES string of the molecule is Cc1ccc(Cl)c2c(Cl)nc(-c3ccc(Cl)c(F)c3)nc12. The van der Waals surface area contributed by atoms with Crippen molar-refractivity contribution in [3.63, 3.8) is 0 Å². The van der Waals surface area contributed by atoms with Crippen LogP contribution in [-0.2, 0) is 0 Å². The second kappa shape index (κ2) is 5.41. The average molecular weight is 342 g/mol. The molecule has 2 nitrogen and oxygen atoms in total. The van der Waals surface area contributed by atoms with E-state index in [-0.39, 0.29) is 10.2 Å². The van der Waals surface area contributed by atoms with Gasteiger partial charge in [0.25, 0.3) is 0 Å². The van der Waals surface area contributed by atoms with Crippen molar-refractivity contribution in [2.75, 3.05) is 0 Å². The lowest BCUT2D eigenvalue weighted by Crippen LogP contribution is -1.95. The molecule has 21 heavy (non-hydrogen) atoms. The van der Waals surface area contributed by atoms with Crippen molar-refractivity contribution >= 4 is 45.7 Å². The maximum Gasteiger partial charge on any atom is 0.161 e. The third-order valence-electron chi connectivity index (χ3n) is 3.13. The molecular formula is C15H8Cl3FN2. The summed E-state index contributed by atoms with van der Waals surface area (Å²) in [6.07, 6.45) is 0. The van der Waals surface area contributed by atoms with Crippen LogP contribution in [-0.4, -0.2) is 9.97 Å². The Labute approximate surface area is 135 Å². The number of rotatable bonds is 1. The quantitative estimate of drug-likeness (QED) is 0.530. The van der Waals surface area contributed by atoms with Gasteiger partial charge in [0, 0.05) is 5.56 Å². The van der Waals surface area contributed by atoms with Gasteiger partial charge in [0.2, 0.25) is 0 Å². The molecule has 1 aromatic heterocycles. The van der Waals surface area contributed by atoms with Crippen LogP contribution < -0.4 is 0 Å². The first-order valence-corrected chi connectivity index (χ1v) is 7.18. The Morgan fingerprint density at radius 2 is 1.67 bits per heavy atom. The summed E-state index contributed by atoms with van der Waals surface area (Å²) in [5, 5.41) is 1.36. The third kappa shape index (κ3) is 2.57. The van der Waals surface area contributed by atoms with Crippen LogP contribution >= 0.6 is 34.8 Å². The number of hydrogen-bond donors (Lipinski definition) is 0. The van der Waals surface area contributed by atoms with E-state index in [4.69, 9.17) is 34.8 Å². The number of hydrogen-bond acceptors (Lipinski definition) is 2. The smallest absolute Gasteiger partial charge is 0.161 e. The fourth-order valence-electron chi connectivity index (χ4n) is 2.06. The third-order valence-corrected chi connectivity index (χ3v) is 4.03. The number of nitrogens with zero attached hydrogens (tertiary/aromatic N) is 2. The molecular weight excluding hydrogens is 334 g/mol. The minimum Gasteiger partial charge on any atom is -0.228 e. The van der Waals surface area contributed by atoms with Crippen LogP contribution in [0.4, 0.5) is 4.39 Å². The van der Waals surface area contributed by atoms with Gasteiger partial charge in [0.15, 0.2) is 5.82 Å². The van der Waals surface area contributed by atoms with Crippen molar-refractivity contribution in [2.24, 2.45) is 0 Å². The van der Waals surface area contributed by atoms with Crippen LogP contribution in [0, 0.1) is 12.7 Å². The molecule has 0 saturated carbocycles. The van der Waals surface area contributed by atoms with Gasteiger partial charge < -0.3 is 0 Å². The van der Waals surface area contributed by atoms with Crippen molar-refractivity contribution in [3.05, 3.63) is 56.9 Å². The zero-order chi connectivity index (χ0) is 15.1. The van der Waals surface area contributed by atoms with Gasteiger partial charge in [-0.05, 0) is 36.8 Å². The monoisotopic (exact) mass is 340 g/mol. The Morgan fingerprint density at radius 3 is 2.38 bits per heavy atom. The number of fused-ring (bicyclic) bond motifs is 1. The molecule has 0 N–H and O–H groups in total. The molecule has 0 unspecified atom stereocenters. The fraction of sp³-hybridized carbons (Fsp3) is 0.0667. The van der Waals surface area contributed by atoms with E-state index in [1.807, 2.05) is 13.0 Å². The standard InChI is InChI=1S/C15H8Cl3FN2/c1-7-2-4-10(17)12-13(7)20-15(21-14(12)18)8-3-5-9(16)11(19)6-8/h2-6H,1H3. The molecule has 0 aliphatic carbocycles. The molecule has 106 valence electrons. The summed E-state index contributed by atoms with van der Waals surface area (Å²) in [7, 11) is 0. The number of aromatic nitrogens is 2. The molecule has 0 radical (unpaired) electrons. The van der Waals surface area contributed by atoms with Crippen LogP contribution in [0.5, 0.6) is 0 Å². The molecule has 0 aliphatic heterocycles. The summed E-state index contributed by atoms with van der Waals surface area (Å²) in [4.78, 5) is 8.65. The van der Waals surface area contributed by atoms with E-state index < -0.39 is 5.82 Å². The second-order valence-electron chi connectivity index (χ2n) is 4.55. The van der Waals surface area contributed by atoms with Gasteiger partial charge in [0.05, 0.1) is 20.9 Å². The Hall–Kier alpha value is -1.42. The van der Waals surface area contributed by atoms with Crippen LogP contribution in [0.1, 0.15) is 5.56 Å². The van der Waals surface area contributed by atoms with Gasteiger partial charge >= 0.3 is 0 Å². The summed E-state index contributed by atoms with van der Waals surface area (Å²) in [5.41, 5.74) is 2.06. The van der Waals surface area contributed by atoms with Crippen LogP contribution in [0.2, 0.25) is 15.2 Å². The normalized spacial score (nSPS) is 11.1. The topological polar surface area (TPSA) is 25.8 Å². The van der Waals surface area contributed by atoms with Crippen molar-refractivity contribution in [2.45, 2.75) is 6.92 Å². The number of benzene rings is 2. The summed E-state index contributed by atoms with van der Waals surface area (Å²) in [5.74, 6) is -0.203. The summed E-state index contributed by atoms with van der Waals surface area (Å²) < 4.78 is 13.6. The minimum atomic E-state index is -0.531. The van der Waals surface area contributed by atoms with Crippen LogP contribution in [0.3, 0.4) is 0 Å². The maximum absolute atomic E-state index is 13.6. The summed E-state index contributed by atoms with van der Waals surface area (Å²) in [6, 6.07) is 7.97. The van der Waals surface area contributed by atoms with Crippen LogP contribution in [0.25, 0.3) is 22.3 Å². The summed E-state index contributed by atoms with van der Waals surface area (Å²) in [6.45, 7) is 1.90. The van der Waals surface area contributed by atoms with Gasteiger partial charge in [0.1, 0.15) is 11.0 Å². The zero-order valence-electron chi connectivity index (χ0n) is 10.8. The molecule has 3 aromatic rings. The van der Waals surface area contributed by atoms with Crippen molar-refractivity contribution in [3.8, 4) is 11.4 Å². The van der Waals surface area contributed by atoms with Crippen molar-refractivity contribution < 1.29 is 4.39 Å². The van der Waals surface area contributed by atoms with Crippen LogP contribution in [0.15, 0.2) is 30.3 Å². The highest BCUT2D eigenvalue weighted by atomic mass is 35.5. The molecule has 0 saturated heterocycles. The highest BCUT2D eigenvalue weighted by Crippen LogP contribution is 2.32. The van der Waals surface area contributed by atoms with E-state index in [1.165, 1.54) is 12.1 Å². The molecule has 6 heteroatoms. The molecule has 0 atom stereocenters. The number of aryl methyl sites for hydroxylation is 1. The predicted molar refractivity (Wildman–Crippen MR) is 84.7 cm³/mol. The zero-order valence-corrected chi connectivity index (χ0v) is 13.1. The first-order valence-electron chi connectivity index (χ1n) is 6.05. The van der Waals surface area contributed by atoms with E-state index in [9.17, 15) is 4.39 Å². The molecule has 0 amide bonds. The number of halogens is 4. The average Bonchev–Trinajstić information content (AvgIpc) is 2.45. The van der Waals surface area contributed by atoms with E-state index in [0.717, 1.165) is 5.56 Å². The lowest BCUT2D eigenvalue weighted by atomic mass is 10.1. The second-order valence-corrected chi connectivity index (χ2v) is 5.73. The van der Waals surface area contributed by atoms with Gasteiger partial charge in [-0.25, -0.2) is 14.4 Å². The predicted octanol–water partition coefficient (Wildman–Crippen LogP) is 5.70. The first kappa shape index (κ1) is 14.5. The Bertz CT molecular complexity index is 865. The van der Waals surface area contributed by atoms with E-state index in [0.29, 0.717) is 27.3 Å². The molecule has 1 heterocycles. The van der Waals surface area contributed by atoms with Crippen molar-refractivity contribution in [1.82, 2.24) is 9.97 Å². The Morgan fingerprint density at radius 1 is 0.952 bits per heavy atom. The lowest BCUT2D eigenvalue weighted by molar-refractivity contribution is 0.628. The lowest BCUT2D eigenvalue weighted by Gasteiger charge is -2.08.